The van der Waals surface area contributed by atoms with E-state index in [1.165, 1.54) is 21.8 Å². The van der Waals surface area contributed by atoms with Crippen LogP contribution in [0.2, 0.25) is 0 Å². The first-order valence-electron chi connectivity index (χ1n) is 8.79. The third-order valence-corrected chi connectivity index (χ3v) is 4.42. The van der Waals surface area contributed by atoms with E-state index >= 15 is 0 Å². The highest BCUT2D eigenvalue weighted by atomic mass is 16.2. The Kier molecular flexibility index (Phi) is 5.73. The minimum Gasteiger partial charge on any atom is -0.350 e. The van der Waals surface area contributed by atoms with Gasteiger partial charge in [0.2, 0.25) is 5.91 Å². The number of nitrogens with one attached hydrogen (secondary N) is 3. The molecule has 2 aromatic heterocycles. The maximum absolute atomic E-state index is 12.8. The number of carbonyl (C=O) groups excluding carboxylic acids is 2. The molecule has 2 amide bonds. The van der Waals surface area contributed by atoms with Crippen molar-refractivity contribution >= 4 is 11.8 Å². The van der Waals surface area contributed by atoms with Gasteiger partial charge in [-0.1, -0.05) is 30.3 Å². The molecule has 0 spiro atoms. The summed E-state index contributed by atoms with van der Waals surface area (Å²) in [5.74, 6) is -0.810. The molecule has 1 unspecified atom stereocenters. The third-order valence-electron chi connectivity index (χ3n) is 4.42. The molecule has 28 heavy (non-hydrogen) atoms. The van der Waals surface area contributed by atoms with Gasteiger partial charge in [-0.3, -0.25) is 23.7 Å². The normalized spacial score (nSPS) is 11.8. The number of hydrogen-bond acceptors (Lipinski definition) is 4. The Balaban J connectivity index is 1.76. The minimum atomic E-state index is -0.908. The molecular formula is C19H22N6O3. The molecule has 0 aliphatic rings. The number of aromatic nitrogens is 4. The number of hydrogen-bond donors (Lipinski definition) is 3. The van der Waals surface area contributed by atoms with Crippen LogP contribution < -0.4 is 16.2 Å². The van der Waals surface area contributed by atoms with Crippen LogP contribution in [0.1, 0.15) is 21.6 Å². The summed E-state index contributed by atoms with van der Waals surface area (Å²) in [6.07, 6.45) is 3.11. The SMILES string of the molecule is Cn1nccc1C(=O)NC(Cc1c[nH]n(C)c1=O)C(=O)NCc1ccccc1. The summed E-state index contributed by atoms with van der Waals surface area (Å²) in [6, 6.07) is 10.1. The zero-order valence-electron chi connectivity index (χ0n) is 15.7. The van der Waals surface area contributed by atoms with Gasteiger partial charge in [0, 0.05) is 45.0 Å². The van der Waals surface area contributed by atoms with Crippen LogP contribution in [0, 0.1) is 0 Å². The number of rotatable bonds is 7. The number of nitrogens with zero attached hydrogens (tertiary/aromatic N) is 3. The molecule has 2 heterocycles. The number of carbonyl (C=O) groups is 2. The molecule has 0 saturated heterocycles. The van der Waals surface area contributed by atoms with E-state index in [2.05, 4.69) is 20.8 Å². The molecule has 0 radical (unpaired) electrons. The Bertz CT molecular complexity index is 1020. The Labute approximate surface area is 161 Å². The van der Waals surface area contributed by atoms with Crippen molar-refractivity contribution in [3.05, 3.63) is 76.0 Å². The number of aryl methyl sites for hydroxylation is 2. The lowest BCUT2D eigenvalue weighted by molar-refractivity contribution is -0.123. The van der Waals surface area contributed by atoms with Gasteiger partial charge in [0.15, 0.2) is 0 Å². The quantitative estimate of drug-likeness (QED) is 0.538. The van der Waals surface area contributed by atoms with Gasteiger partial charge in [0.25, 0.3) is 11.5 Å². The second-order valence-corrected chi connectivity index (χ2v) is 6.44. The Morgan fingerprint density at radius 2 is 1.93 bits per heavy atom. The fraction of sp³-hybridized carbons (Fsp3) is 0.263. The molecule has 9 heteroatoms. The molecular weight excluding hydrogens is 360 g/mol. The zero-order valence-corrected chi connectivity index (χ0v) is 15.7. The predicted octanol–water partition coefficient (Wildman–Crippen LogP) is 0.104. The molecule has 0 fully saturated rings. The highest BCUT2D eigenvalue weighted by Gasteiger charge is 2.24. The van der Waals surface area contributed by atoms with Crippen LogP contribution in [0.3, 0.4) is 0 Å². The van der Waals surface area contributed by atoms with Gasteiger partial charge in [-0.05, 0) is 11.6 Å². The first-order chi connectivity index (χ1) is 13.5. The summed E-state index contributed by atoms with van der Waals surface area (Å²) in [6.45, 7) is 0.322. The van der Waals surface area contributed by atoms with Crippen LogP contribution in [-0.4, -0.2) is 37.4 Å². The lowest BCUT2D eigenvalue weighted by atomic mass is 10.1. The Morgan fingerprint density at radius 3 is 2.54 bits per heavy atom. The maximum atomic E-state index is 12.8. The topological polar surface area (TPSA) is 114 Å². The van der Waals surface area contributed by atoms with Crippen LogP contribution in [0.4, 0.5) is 0 Å². The van der Waals surface area contributed by atoms with Crippen LogP contribution in [0.15, 0.2) is 53.6 Å². The predicted molar refractivity (Wildman–Crippen MR) is 102 cm³/mol. The highest BCUT2D eigenvalue weighted by molar-refractivity contribution is 5.96. The van der Waals surface area contributed by atoms with Crippen molar-refractivity contribution in [1.29, 1.82) is 0 Å². The molecule has 0 saturated carbocycles. The third kappa shape index (κ3) is 4.37. The van der Waals surface area contributed by atoms with E-state index < -0.39 is 11.9 Å². The fourth-order valence-corrected chi connectivity index (χ4v) is 2.82. The van der Waals surface area contributed by atoms with Crippen molar-refractivity contribution in [3.8, 4) is 0 Å². The zero-order chi connectivity index (χ0) is 20.1. The molecule has 0 bridgehead atoms. The molecule has 1 atom stereocenters. The van der Waals surface area contributed by atoms with Crippen molar-refractivity contribution in [1.82, 2.24) is 30.2 Å². The molecule has 0 aliphatic heterocycles. The average Bonchev–Trinajstić information content (AvgIpc) is 3.26. The van der Waals surface area contributed by atoms with Gasteiger partial charge in [-0.2, -0.15) is 5.10 Å². The summed E-state index contributed by atoms with van der Waals surface area (Å²) >= 11 is 0. The van der Waals surface area contributed by atoms with Crippen LogP contribution in [0.25, 0.3) is 0 Å². The number of benzene rings is 1. The largest absolute Gasteiger partial charge is 0.350 e. The van der Waals surface area contributed by atoms with Gasteiger partial charge in [-0.25, -0.2) is 0 Å². The molecule has 146 valence electrons. The maximum Gasteiger partial charge on any atom is 0.270 e. The van der Waals surface area contributed by atoms with E-state index in [9.17, 15) is 14.4 Å². The number of amides is 2. The summed E-state index contributed by atoms with van der Waals surface area (Å²) < 4.78 is 2.74. The summed E-state index contributed by atoms with van der Waals surface area (Å²) in [5, 5.41) is 12.3. The lowest BCUT2D eigenvalue weighted by Crippen LogP contribution is -2.48. The van der Waals surface area contributed by atoms with Gasteiger partial charge < -0.3 is 15.7 Å². The minimum absolute atomic E-state index is 0.0698. The first-order valence-corrected chi connectivity index (χ1v) is 8.79. The van der Waals surface area contributed by atoms with E-state index in [1.54, 1.807) is 20.2 Å². The van der Waals surface area contributed by atoms with E-state index in [-0.39, 0.29) is 17.9 Å². The van der Waals surface area contributed by atoms with Gasteiger partial charge >= 0.3 is 0 Å². The summed E-state index contributed by atoms with van der Waals surface area (Å²) in [7, 11) is 3.23. The van der Waals surface area contributed by atoms with E-state index in [1.807, 2.05) is 30.3 Å². The molecule has 3 N–H and O–H groups in total. The Hall–Kier alpha value is -3.62. The van der Waals surface area contributed by atoms with Gasteiger partial charge in [-0.15, -0.1) is 0 Å². The summed E-state index contributed by atoms with van der Waals surface area (Å²) in [4.78, 5) is 37.5. The summed E-state index contributed by atoms with van der Waals surface area (Å²) in [5.41, 5.74) is 1.43. The van der Waals surface area contributed by atoms with Gasteiger partial charge in [0.1, 0.15) is 11.7 Å². The highest BCUT2D eigenvalue weighted by Crippen LogP contribution is 2.03. The lowest BCUT2D eigenvalue weighted by Gasteiger charge is -2.18. The second kappa shape index (κ2) is 8.38. The van der Waals surface area contributed by atoms with Crippen LogP contribution >= 0.6 is 0 Å². The Morgan fingerprint density at radius 1 is 1.18 bits per heavy atom. The molecule has 0 aliphatic carbocycles. The van der Waals surface area contributed by atoms with E-state index in [0.717, 1.165) is 5.56 Å². The van der Waals surface area contributed by atoms with Crippen LogP contribution in [0.5, 0.6) is 0 Å². The fourth-order valence-electron chi connectivity index (χ4n) is 2.82. The molecule has 1 aromatic carbocycles. The van der Waals surface area contributed by atoms with Crippen molar-refractivity contribution in [2.45, 2.75) is 19.0 Å². The van der Waals surface area contributed by atoms with Crippen molar-refractivity contribution in [2.75, 3.05) is 0 Å². The second-order valence-electron chi connectivity index (χ2n) is 6.44. The molecule has 3 rings (SSSR count). The van der Waals surface area contributed by atoms with Crippen molar-refractivity contribution in [3.63, 3.8) is 0 Å². The monoisotopic (exact) mass is 382 g/mol. The first kappa shape index (κ1) is 19.2. The molecule has 3 aromatic rings. The van der Waals surface area contributed by atoms with Crippen molar-refractivity contribution < 1.29 is 9.59 Å². The van der Waals surface area contributed by atoms with Crippen molar-refractivity contribution in [2.24, 2.45) is 14.1 Å². The smallest absolute Gasteiger partial charge is 0.270 e. The number of aromatic amines is 1. The van der Waals surface area contributed by atoms with Gasteiger partial charge in [0.05, 0.1) is 0 Å². The van der Waals surface area contributed by atoms with E-state index in [4.69, 9.17) is 0 Å². The van der Waals surface area contributed by atoms with E-state index in [0.29, 0.717) is 17.8 Å². The van der Waals surface area contributed by atoms with Crippen LogP contribution in [-0.2, 0) is 31.9 Å². The molecule has 9 nitrogen and oxygen atoms in total. The average molecular weight is 382 g/mol. The number of H-pyrrole nitrogens is 1. The standard InChI is InChI=1S/C19H22N6O3/c1-24-16(8-9-21-24)18(27)23-15(10-14-12-22-25(2)19(14)28)17(26)20-11-13-6-4-3-5-7-13/h3-9,12,15,22H,10-11H2,1-2H3,(H,20,26)(H,23,27).